The van der Waals surface area contributed by atoms with E-state index < -0.39 is 15.9 Å². The summed E-state index contributed by atoms with van der Waals surface area (Å²) >= 11 is 1.31. The van der Waals surface area contributed by atoms with E-state index in [0.717, 1.165) is 21.8 Å². The number of aryl methyl sites for hydroxylation is 2. The van der Waals surface area contributed by atoms with Crippen molar-refractivity contribution in [1.82, 2.24) is 9.97 Å². The lowest BCUT2D eigenvalue weighted by Gasteiger charge is -2.09. The number of carbonyl (C=O) groups is 1. The van der Waals surface area contributed by atoms with Crippen LogP contribution in [0.3, 0.4) is 0 Å². The lowest BCUT2D eigenvalue weighted by molar-refractivity contribution is 0.102. The molecule has 7 nitrogen and oxygen atoms in total. The van der Waals surface area contributed by atoms with Crippen molar-refractivity contribution in [3.8, 4) is 10.6 Å². The monoisotopic (exact) mass is 464 g/mol. The third-order valence-corrected chi connectivity index (χ3v) is 7.10. The van der Waals surface area contributed by atoms with Gasteiger partial charge in [-0.25, -0.2) is 13.4 Å². The number of thiazole rings is 1. The third kappa shape index (κ3) is 4.84. The molecule has 0 saturated carbocycles. The number of pyridine rings is 1. The molecule has 162 valence electrons. The maximum Gasteiger partial charge on any atom is 0.261 e. The fourth-order valence-corrected chi connectivity index (χ4v) is 5.04. The molecule has 0 atom stereocenters. The Labute approximate surface area is 190 Å². The van der Waals surface area contributed by atoms with Crippen LogP contribution in [-0.4, -0.2) is 24.3 Å². The number of nitrogens with zero attached hydrogens (tertiary/aromatic N) is 2. The van der Waals surface area contributed by atoms with E-state index in [1.54, 1.807) is 24.4 Å². The van der Waals surface area contributed by atoms with Crippen LogP contribution in [0.4, 0.5) is 10.8 Å². The molecule has 4 aromatic rings. The molecule has 0 unspecified atom stereocenters. The molecule has 1 amide bonds. The Morgan fingerprint density at radius 1 is 0.969 bits per heavy atom. The Kier molecular flexibility index (Phi) is 6.02. The zero-order valence-electron chi connectivity index (χ0n) is 17.4. The molecule has 0 bridgehead atoms. The molecule has 0 radical (unpaired) electrons. The van der Waals surface area contributed by atoms with Crippen molar-refractivity contribution in [3.63, 3.8) is 0 Å². The van der Waals surface area contributed by atoms with Crippen molar-refractivity contribution in [2.24, 2.45) is 0 Å². The highest BCUT2D eigenvalue weighted by molar-refractivity contribution is 7.92. The predicted octanol–water partition coefficient (Wildman–Crippen LogP) is 4.88. The molecule has 2 aromatic carbocycles. The first-order valence-corrected chi connectivity index (χ1v) is 12.0. The Bertz CT molecular complexity index is 1370. The highest BCUT2D eigenvalue weighted by Gasteiger charge is 2.18. The standard InChI is InChI=1S/C23H20N4O3S2/c1-15-9-11-18(12-10-15)27-32(29,30)19-7-5-6-17(14-19)22(28)26-23-25-16(2)21(31-23)20-8-3-4-13-24-20/h3-14,27H,1-2H3,(H,25,26,28). The average Bonchev–Trinajstić information content (AvgIpc) is 3.16. The van der Waals surface area contributed by atoms with E-state index in [2.05, 4.69) is 20.0 Å². The molecule has 0 aliphatic carbocycles. The van der Waals surface area contributed by atoms with Crippen molar-refractivity contribution in [1.29, 1.82) is 0 Å². The number of sulfonamides is 1. The smallest absolute Gasteiger partial charge is 0.261 e. The van der Waals surface area contributed by atoms with Crippen molar-refractivity contribution in [3.05, 3.63) is 89.7 Å². The fraction of sp³-hybridized carbons (Fsp3) is 0.0870. The van der Waals surface area contributed by atoms with Crippen LogP contribution in [-0.2, 0) is 10.0 Å². The molecule has 0 aliphatic heterocycles. The summed E-state index contributed by atoms with van der Waals surface area (Å²) in [7, 11) is -3.84. The summed E-state index contributed by atoms with van der Waals surface area (Å²) in [5.41, 5.74) is 3.21. The molecule has 0 saturated heterocycles. The number of carbonyl (C=O) groups excluding carboxylic acids is 1. The first-order chi connectivity index (χ1) is 15.3. The highest BCUT2D eigenvalue weighted by Crippen LogP contribution is 2.31. The summed E-state index contributed by atoms with van der Waals surface area (Å²) in [6.45, 7) is 3.77. The van der Waals surface area contributed by atoms with E-state index in [1.807, 2.05) is 44.2 Å². The number of hydrogen-bond acceptors (Lipinski definition) is 6. The van der Waals surface area contributed by atoms with E-state index in [4.69, 9.17) is 0 Å². The van der Waals surface area contributed by atoms with Crippen LogP contribution in [0.25, 0.3) is 10.6 Å². The molecule has 4 rings (SSSR count). The van der Waals surface area contributed by atoms with Crippen LogP contribution in [0.1, 0.15) is 21.6 Å². The number of benzene rings is 2. The van der Waals surface area contributed by atoms with Crippen molar-refractivity contribution >= 4 is 38.1 Å². The maximum absolute atomic E-state index is 12.8. The topological polar surface area (TPSA) is 101 Å². The van der Waals surface area contributed by atoms with Crippen molar-refractivity contribution < 1.29 is 13.2 Å². The quantitative estimate of drug-likeness (QED) is 0.424. The van der Waals surface area contributed by atoms with E-state index in [-0.39, 0.29) is 10.5 Å². The van der Waals surface area contributed by atoms with Gasteiger partial charge in [0.2, 0.25) is 0 Å². The number of amides is 1. The lowest BCUT2D eigenvalue weighted by Crippen LogP contribution is -2.16. The average molecular weight is 465 g/mol. The number of anilines is 2. The minimum atomic E-state index is -3.84. The van der Waals surface area contributed by atoms with Gasteiger partial charge in [-0.15, -0.1) is 0 Å². The summed E-state index contributed by atoms with van der Waals surface area (Å²) in [6.07, 6.45) is 1.70. The number of nitrogens with one attached hydrogen (secondary N) is 2. The second-order valence-electron chi connectivity index (χ2n) is 7.10. The number of aromatic nitrogens is 2. The molecule has 2 N–H and O–H groups in total. The summed E-state index contributed by atoms with van der Waals surface area (Å²) in [5, 5.41) is 3.17. The van der Waals surface area contributed by atoms with Gasteiger partial charge < -0.3 is 0 Å². The SMILES string of the molecule is Cc1ccc(NS(=O)(=O)c2cccc(C(=O)Nc3nc(C)c(-c4ccccn4)s3)c2)cc1. The summed E-state index contributed by atoms with van der Waals surface area (Å²) < 4.78 is 28.1. The van der Waals surface area contributed by atoms with Crippen LogP contribution in [0.15, 0.2) is 77.8 Å². The molecular formula is C23H20N4O3S2. The Balaban J connectivity index is 1.53. The third-order valence-electron chi connectivity index (χ3n) is 4.62. The van der Waals surface area contributed by atoms with Crippen LogP contribution >= 0.6 is 11.3 Å². The van der Waals surface area contributed by atoms with Crippen LogP contribution in [0.5, 0.6) is 0 Å². The fourth-order valence-electron chi connectivity index (χ4n) is 2.99. The van der Waals surface area contributed by atoms with Gasteiger partial charge >= 0.3 is 0 Å². The van der Waals surface area contributed by atoms with Crippen LogP contribution < -0.4 is 10.0 Å². The second-order valence-corrected chi connectivity index (χ2v) is 9.78. The van der Waals surface area contributed by atoms with Crippen LogP contribution in [0, 0.1) is 13.8 Å². The molecule has 0 fully saturated rings. The van der Waals surface area contributed by atoms with Crippen molar-refractivity contribution in [2.75, 3.05) is 10.0 Å². The second kappa shape index (κ2) is 8.89. The zero-order valence-corrected chi connectivity index (χ0v) is 19.0. The summed E-state index contributed by atoms with van der Waals surface area (Å²) in [6, 6.07) is 18.5. The lowest BCUT2D eigenvalue weighted by atomic mass is 10.2. The normalized spacial score (nSPS) is 11.2. The molecule has 2 aromatic heterocycles. The predicted molar refractivity (Wildman–Crippen MR) is 126 cm³/mol. The van der Waals surface area contributed by atoms with Crippen molar-refractivity contribution in [2.45, 2.75) is 18.7 Å². The molecular weight excluding hydrogens is 444 g/mol. The van der Waals surface area contributed by atoms with Gasteiger partial charge in [-0.05, 0) is 56.3 Å². The molecule has 9 heteroatoms. The van der Waals surface area contributed by atoms with E-state index in [9.17, 15) is 13.2 Å². The zero-order chi connectivity index (χ0) is 22.7. The minimum Gasteiger partial charge on any atom is -0.298 e. The van der Waals surface area contributed by atoms with Gasteiger partial charge in [0.25, 0.3) is 15.9 Å². The number of rotatable bonds is 6. The van der Waals surface area contributed by atoms with E-state index in [1.165, 1.54) is 29.5 Å². The Hall–Kier alpha value is -3.56. The first kappa shape index (κ1) is 21.7. The number of hydrogen-bond donors (Lipinski definition) is 2. The van der Waals surface area contributed by atoms with Gasteiger partial charge in [0, 0.05) is 17.4 Å². The molecule has 32 heavy (non-hydrogen) atoms. The highest BCUT2D eigenvalue weighted by atomic mass is 32.2. The van der Waals surface area contributed by atoms with Gasteiger partial charge in [-0.2, -0.15) is 0 Å². The first-order valence-electron chi connectivity index (χ1n) is 9.71. The molecule has 0 spiro atoms. The Morgan fingerprint density at radius 2 is 1.75 bits per heavy atom. The van der Waals surface area contributed by atoms with E-state index in [0.29, 0.717) is 10.8 Å². The Morgan fingerprint density at radius 3 is 2.47 bits per heavy atom. The molecule has 2 heterocycles. The van der Waals surface area contributed by atoms with Gasteiger partial charge in [-0.1, -0.05) is 41.2 Å². The largest absolute Gasteiger partial charge is 0.298 e. The maximum atomic E-state index is 12.8. The van der Waals surface area contributed by atoms with Gasteiger partial charge in [0.05, 0.1) is 21.2 Å². The summed E-state index contributed by atoms with van der Waals surface area (Å²) in [4.78, 5) is 22.4. The molecule has 0 aliphatic rings. The van der Waals surface area contributed by atoms with E-state index >= 15 is 0 Å². The minimum absolute atomic E-state index is 0.00443. The van der Waals surface area contributed by atoms with Gasteiger partial charge in [0.15, 0.2) is 5.13 Å². The van der Waals surface area contributed by atoms with Gasteiger partial charge in [0.1, 0.15) is 0 Å². The van der Waals surface area contributed by atoms with Gasteiger partial charge in [-0.3, -0.25) is 19.8 Å². The van der Waals surface area contributed by atoms with Crippen LogP contribution in [0.2, 0.25) is 0 Å². The summed E-state index contributed by atoms with van der Waals surface area (Å²) in [5.74, 6) is -0.446.